The van der Waals surface area contributed by atoms with Gasteiger partial charge in [-0.05, 0) is 32.6 Å². The molecule has 1 saturated heterocycles. The summed E-state index contributed by atoms with van der Waals surface area (Å²) in [5.74, 6) is 0.218. The third-order valence-electron chi connectivity index (χ3n) is 4.06. The van der Waals surface area contributed by atoms with Gasteiger partial charge in [0.1, 0.15) is 0 Å². The van der Waals surface area contributed by atoms with E-state index in [4.69, 9.17) is 0 Å². The molecule has 0 aromatic rings. The first-order valence-corrected chi connectivity index (χ1v) is 7.78. The Morgan fingerprint density at radius 3 is 2.42 bits per heavy atom. The van der Waals surface area contributed by atoms with Gasteiger partial charge in [0, 0.05) is 25.2 Å². The summed E-state index contributed by atoms with van der Waals surface area (Å²) in [5.41, 5.74) is 0. The van der Waals surface area contributed by atoms with E-state index in [1.54, 1.807) is 0 Å². The third-order valence-corrected chi connectivity index (χ3v) is 4.06. The van der Waals surface area contributed by atoms with Crippen molar-refractivity contribution in [3.05, 3.63) is 0 Å². The molecule has 1 heterocycles. The highest BCUT2D eigenvalue weighted by Gasteiger charge is 2.29. The van der Waals surface area contributed by atoms with Crippen molar-refractivity contribution >= 4 is 5.91 Å². The van der Waals surface area contributed by atoms with Crippen LogP contribution in [0.1, 0.15) is 52.9 Å². The fourth-order valence-corrected chi connectivity index (χ4v) is 2.98. The smallest absolute Gasteiger partial charge is 0.236 e. The predicted octanol–water partition coefficient (Wildman–Crippen LogP) is 1.87. The molecule has 1 fully saturated rings. The Kier molecular flexibility index (Phi) is 7.39. The molecule has 1 aliphatic heterocycles. The first kappa shape index (κ1) is 16.4. The highest BCUT2D eigenvalue weighted by atomic mass is 16.3. The van der Waals surface area contributed by atoms with Gasteiger partial charge in [-0.1, -0.05) is 20.3 Å². The van der Waals surface area contributed by atoms with E-state index >= 15 is 0 Å². The van der Waals surface area contributed by atoms with Gasteiger partial charge in [0.2, 0.25) is 5.91 Å². The van der Waals surface area contributed by atoms with E-state index in [0.29, 0.717) is 12.6 Å². The van der Waals surface area contributed by atoms with Crippen LogP contribution in [0.15, 0.2) is 0 Å². The molecule has 1 N–H and O–H groups in total. The van der Waals surface area contributed by atoms with E-state index in [2.05, 4.69) is 25.7 Å². The molecule has 4 heteroatoms. The molecule has 0 spiro atoms. The number of rotatable bonds is 7. The Labute approximate surface area is 117 Å². The lowest BCUT2D eigenvalue weighted by Gasteiger charge is -2.40. The Morgan fingerprint density at radius 2 is 1.89 bits per heavy atom. The number of aliphatic hydroxyl groups is 1. The minimum atomic E-state index is 0.165. The van der Waals surface area contributed by atoms with Crippen LogP contribution in [0, 0.1) is 0 Å². The number of carbonyl (C=O) groups is 1. The van der Waals surface area contributed by atoms with Gasteiger partial charge < -0.3 is 10.0 Å². The minimum absolute atomic E-state index is 0.165. The topological polar surface area (TPSA) is 43.8 Å². The van der Waals surface area contributed by atoms with Crippen molar-refractivity contribution in [2.24, 2.45) is 0 Å². The molecule has 0 saturated carbocycles. The summed E-state index contributed by atoms with van der Waals surface area (Å²) in [5, 5.41) is 9.47. The maximum Gasteiger partial charge on any atom is 0.236 e. The average molecular weight is 270 g/mol. The molecule has 2 unspecified atom stereocenters. The Balaban J connectivity index is 2.60. The third kappa shape index (κ3) is 4.77. The summed E-state index contributed by atoms with van der Waals surface area (Å²) < 4.78 is 0. The summed E-state index contributed by atoms with van der Waals surface area (Å²) in [6.45, 7) is 8.70. The van der Waals surface area contributed by atoms with Crippen molar-refractivity contribution in [2.45, 2.75) is 65.0 Å². The molecule has 0 aromatic carbocycles. The second kappa shape index (κ2) is 8.54. The normalized spacial score (nSPS) is 24.4. The molecule has 2 atom stereocenters. The lowest BCUT2D eigenvalue weighted by molar-refractivity contribution is -0.134. The largest absolute Gasteiger partial charge is 0.395 e. The van der Waals surface area contributed by atoms with E-state index < -0.39 is 0 Å². The lowest BCUT2D eigenvalue weighted by atomic mass is 9.97. The fourth-order valence-electron chi connectivity index (χ4n) is 2.98. The molecule has 0 bridgehead atoms. The van der Waals surface area contributed by atoms with Crippen molar-refractivity contribution in [1.29, 1.82) is 0 Å². The number of hydrogen-bond acceptors (Lipinski definition) is 3. The zero-order valence-electron chi connectivity index (χ0n) is 12.8. The van der Waals surface area contributed by atoms with Crippen LogP contribution in [0.25, 0.3) is 0 Å². The SMILES string of the molecule is CCCN(CCC)C(=O)CN1C(C)CCCC1CO. The molecular weight excluding hydrogens is 240 g/mol. The van der Waals surface area contributed by atoms with Crippen molar-refractivity contribution in [2.75, 3.05) is 26.2 Å². The van der Waals surface area contributed by atoms with Gasteiger partial charge in [0.15, 0.2) is 0 Å². The van der Waals surface area contributed by atoms with Gasteiger partial charge in [0.05, 0.1) is 13.2 Å². The van der Waals surface area contributed by atoms with Crippen LogP contribution in [0.2, 0.25) is 0 Å². The number of carbonyl (C=O) groups excluding carboxylic acids is 1. The summed E-state index contributed by atoms with van der Waals surface area (Å²) >= 11 is 0. The quantitative estimate of drug-likeness (QED) is 0.768. The van der Waals surface area contributed by atoms with Crippen molar-refractivity contribution in [3.63, 3.8) is 0 Å². The standard InChI is InChI=1S/C15H30N2O2/c1-4-9-16(10-5-2)15(19)11-17-13(3)7-6-8-14(17)12-18/h13-14,18H,4-12H2,1-3H3. The van der Waals surface area contributed by atoms with Crippen LogP contribution >= 0.6 is 0 Å². The van der Waals surface area contributed by atoms with Gasteiger partial charge >= 0.3 is 0 Å². The van der Waals surface area contributed by atoms with Crippen LogP contribution in [-0.4, -0.2) is 59.1 Å². The molecule has 19 heavy (non-hydrogen) atoms. The van der Waals surface area contributed by atoms with E-state index in [0.717, 1.165) is 45.2 Å². The van der Waals surface area contributed by atoms with Gasteiger partial charge in [0.25, 0.3) is 0 Å². The van der Waals surface area contributed by atoms with Crippen molar-refractivity contribution < 1.29 is 9.90 Å². The second-order valence-corrected chi connectivity index (χ2v) is 5.67. The Bertz CT molecular complexity index is 265. The first-order valence-electron chi connectivity index (χ1n) is 7.78. The number of nitrogens with zero attached hydrogens (tertiary/aromatic N) is 2. The van der Waals surface area contributed by atoms with Gasteiger partial charge in [-0.15, -0.1) is 0 Å². The Morgan fingerprint density at radius 1 is 1.26 bits per heavy atom. The summed E-state index contributed by atoms with van der Waals surface area (Å²) in [4.78, 5) is 16.6. The highest BCUT2D eigenvalue weighted by molar-refractivity contribution is 5.78. The average Bonchev–Trinajstić information content (AvgIpc) is 2.40. The zero-order chi connectivity index (χ0) is 14.3. The molecule has 0 aromatic heterocycles. The predicted molar refractivity (Wildman–Crippen MR) is 78.1 cm³/mol. The maximum atomic E-state index is 12.4. The van der Waals surface area contributed by atoms with E-state index in [1.165, 1.54) is 0 Å². The molecule has 1 rings (SSSR count). The van der Waals surface area contributed by atoms with Gasteiger partial charge in [-0.25, -0.2) is 0 Å². The molecule has 0 aliphatic carbocycles. The highest BCUT2D eigenvalue weighted by Crippen LogP contribution is 2.22. The first-order chi connectivity index (χ1) is 9.13. The van der Waals surface area contributed by atoms with Crippen LogP contribution < -0.4 is 0 Å². The number of aliphatic hydroxyl groups excluding tert-OH is 1. The monoisotopic (exact) mass is 270 g/mol. The van der Waals surface area contributed by atoms with E-state index in [1.807, 2.05) is 4.90 Å². The zero-order valence-corrected chi connectivity index (χ0v) is 12.8. The molecule has 1 amide bonds. The van der Waals surface area contributed by atoms with Crippen molar-refractivity contribution in [3.8, 4) is 0 Å². The number of hydrogen-bond donors (Lipinski definition) is 1. The summed E-state index contributed by atoms with van der Waals surface area (Å²) in [6.07, 6.45) is 5.31. The van der Waals surface area contributed by atoms with Crippen LogP contribution in [-0.2, 0) is 4.79 Å². The molecule has 0 radical (unpaired) electrons. The lowest BCUT2D eigenvalue weighted by Crippen LogP contribution is -2.52. The second-order valence-electron chi connectivity index (χ2n) is 5.67. The molecule has 1 aliphatic rings. The van der Waals surface area contributed by atoms with E-state index in [9.17, 15) is 9.90 Å². The number of likely N-dealkylation sites (tertiary alicyclic amines) is 1. The van der Waals surface area contributed by atoms with Crippen LogP contribution in [0.3, 0.4) is 0 Å². The summed E-state index contributed by atoms with van der Waals surface area (Å²) in [6, 6.07) is 0.567. The van der Waals surface area contributed by atoms with Gasteiger partial charge in [-0.3, -0.25) is 9.69 Å². The molecule has 112 valence electrons. The van der Waals surface area contributed by atoms with Crippen LogP contribution in [0.4, 0.5) is 0 Å². The van der Waals surface area contributed by atoms with Crippen molar-refractivity contribution in [1.82, 2.24) is 9.80 Å². The van der Waals surface area contributed by atoms with Gasteiger partial charge in [-0.2, -0.15) is 0 Å². The Hall–Kier alpha value is -0.610. The minimum Gasteiger partial charge on any atom is -0.395 e. The maximum absolute atomic E-state index is 12.4. The number of amides is 1. The van der Waals surface area contributed by atoms with Crippen LogP contribution in [0.5, 0.6) is 0 Å². The summed E-state index contributed by atoms with van der Waals surface area (Å²) in [7, 11) is 0. The number of piperidine rings is 1. The van der Waals surface area contributed by atoms with E-state index in [-0.39, 0.29) is 18.6 Å². The molecular formula is C15H30N2O2. The molecule has 4 nitrogen and oxygen atoms in total. The fraction of sp³-hybridized carbons (Fsp3) is 0.933.